The number of rotatable bonds is 3. The van der Waals surface area contributed by atoms with Gasteiger partial charge in [-0.25, -0.2) is 15.0 Å². The van der Waals surface area contributed by atoms with Crippen molar-refractivity contribution in [3.63, 3.8) is 0 Å². The van der Waals surface area contributed by atoms with Crippen molar-refractivity contribution in [3.05, 3.63) is 54.0 Å². The predicted molar refractivity (Wildman–Crippen MR) is 76.5 cm³/mol. The van der Waals surface area contributed by atoms with Gasteiger partial charge < -0.3 is 10.5 Å². The topological polar surface area (TPSA) is 73.9 Å². The van der Waals surface area contributed by atoms with Gasteiger partial charge in [0.2, 0.25) is 0 Å². The molecule has 0 saturated heterocycles. The molecule has 0 amide bonds. The molecule has 2 N–H and O–H groups in total. The Morgan fingerprint density at radius 3 is 2.65 bits per heavy atom. The molecule has 5 nitrogen and oxygen atoms in total. The van der Waals surface area contributed by atoms with Gasteiger partial charge in [-0.15, -0.1) is 0 Å². The Kier molecular flexibility index (Phi) is 3.26. The van der Waals surface area contributed by atoms with E-state index in [-0.39, 0.29) is 6.01 Å². The first-order valence-corrected chi connectivity index (χ1v) is 6.31. The lowest BCUT2D eigenvalue weighted by atomic mass is 10.2. The van der Waals surface area contributed by atoms with Crippen molar-refractivity contribution in [1.82, 2.24) is 15.0 Å². The maximum absolute atomic E-state index is 5.72. The standard InChI is InChI=1S/C15H14N4O/c1-10-5-6-12-3-2-4-13(14(12)19-10)20-15-17-8-11(7-16)9-18-15/h2-6,8-9H,7,16H2,1H3. The van der Waals surface area contributed by atoms with Crippen LogP contribution in [0.3, 0.4) is 0 Å². The molecule has 0 aliphatic rings. The van der Waals surface area contributed by atoms with E-state index in [1.807, 2.05) is 37.3 Å². The lowest BCUT2D eigenvalue weighted by molar-refractivity contribution is 0.445. The monoisotopic (exact) mass is 266 g/mol. The van der Waals surface area contributed by atoms with Crippen LogP contribution in [0.15, 0.2) is 42.7 Å². The first-order valence-electron chi connectivity index (χ1n) is 6.31. The molecule has 0 bridgehead atoms. The van der Waals surface area contributed by atoms with Crippen molar-refractivity contribution < 1.29 is 4.74 Å². The fourth-order valence-corrected chi connectivity index (χ4v) is 1.90. The van der Waals surface area contributed by atoms with Crippen LogP contribution in [0.5, 0.6) is 11.8 Å². The number of aromatic nitrogens is 3. The highest BCUT2D eigenvalue weighted by atomic mass is 16.5. The molecule has 0 aliphatic carbocycles. The minimum atomic E-state index is 0.290. The van der Waals surface area contributed by atoms with E-state index in [9.17, 15) is 0 Å². The van der Waals surface area contributed by atoms with Crippen LogP contribution >= 0.6 is 0 Å². The van der Waals surface area contributed by atoms with Crippen molar-refractivity contribution in [2.24, 2.45) is 5.73 Å². The highest BCUT2D eigenvalue weighted by Gasteiger charge is 2.06. The van der Waals surface area contributed by atoms with Gasteiger partial charge in [0.05, 0.1) is 0 Å². The fraction of sp³-hybridized carbons (Fsp3) is 0.133. The summed E-state index contributed by atoms with van der Waals surface area (Å²) >= 11 is 0. The number of nitrogens with two attached hydrogens (primary N) is 1. The van der Waals surface area contributed by atoms with Crippen molar-refractivity contribution in [2.75, 3.05) is 0 Å². The summed E-state index contributed by atoms with van der Waals surface area (Å²) in [6, 6.07) is 10.0. The highest BCUT2D eigenvalue weighted by Crippen LogP contribution is 2.26. The van der Waals surface area contributed by atoms with Gasteiger partial charge in [-0.3, -0.25) is 0 Å². The largest absolute Gasteiger partial charge is 0.422 e. The SMILES string of the molecule is Cc1ccc2cccc(Oc3ncc(CN)cn3)c2n1. The number of para-hydroxylation sites is 1. The number of fused-ring (bicyclic) bond motifs is 1. The maximum atomic E-state index is 5.72. The third-order valence-electron chi connectivity index (χ3n) is 2.94. The Bertz CT molecular complexity index is 740. The quantitative estimate of drug-likeness (QED) is 0.788. The van der Waals surface area contributed by atoms with E-state index < -0.39 is 0 Å². The molecule has 2 aromatic heterocycles. The summed E-state index contributed by atoms with van der Waals surface area (Å²) < 4.78 is 5.72. The Labute approximate surface area is 116 Å². The second-order valence-electron chi connectivity index (χ2n) is 4.46. The number of pyridine rings is 1. The summed E-state index contributed by atoms with van der Waals surface area (Å²) in [5, 5.41) is 1.02. The van der Waals surface area contributed by atoms with Crippen LogP contribution < -0.4 is 10.5 Å². The molecule has 0 spiro atoms. The van der Waals surface area contributed by atoms with E-state index in [0.717, 1.165) is 22.2 Å². The van der Waals surface area contributed by atoms with Crippen molar-refractivity contribution in [1.29, 1.82) is 0 Å². The summed E-state index contributed by atoms with van der Waals surface area (Å²) in [5.74, 6) is 0.645. The minimum absolute atomic E-state index is 0.290. The average Bonchev–Trinajstić information content (AvgIpc) is 2.49. The molecule has 20 heavy (non-hydrogen) atoms. The van der Waals surface area contributed by atoms with E-state index in [4.69, 9.17) is 10.5 Å². The van der Waals surface area contributed by atoms with E-state index in [1.165, 1.54) is 0 Å². The van der Waals surface area contributed by atoms with Crippen LogP contribution in [-0.4, -0.2) is 15.0 Å². The molecule has 0 fully saturated rings. The van der Waals surface area contributed by atoms with Crippen molar-refractivity contribution in [3.8, 4) is 11.8 Å². The molecule has 5 heteroatoms. The van der Waals surface area contributed by atoms with Gasteiger partial charge in [0.25, 0.3) is 0 Å². The van der Waals surface area contributed by atoms with Crippen LogP contribution in [0.1, 0.15) is 11.3 Å². The third-order valence-corrected chi connectivity index (χ3v) is 2.94. The number of hydrogen-bond donors (Lipinski definition) is 1. The second-order valence-corrected chi connectivity index (χ2v) is 4.46. The second kappa shape index (κ2) is 5.22. The smallest absolute Gasteiger partial charge is 0.321 e. The van der Waals surface area contributed by atoms with Gasteiger partial charge >= 0.3 is 6.01 Å². The zero-order valence-electron chi connectivity index (χ0n) is 11.1. The molecule has 100 valence electrons. The molecule has 3 aromatic rings. The fourth-order valence-electron chi connectivity index (χ4n) is 1.90. The molecule has 0 atom stereocenters. The van der Waals surface area contributed by atoms with Gasteiger partial charge in [0, 0.05) is 35.6 Å². The summed E-state index contributed by atoms with van der Waals surface area (Å²) in [5.41, 5.74) is 8.12. The van der Waals surface area contributed by atoms with Gasteiger partial charge in [-0.1, -0.05) is 18.2 Å². The van der Waals surface area contributed by atoms with Crippen LogP contribution in [0.4, 0.5) is 0 Å². The summed E-state index contributed by atoms with van der Waals surface area (Å²) in [4.78, 5) is 12.8. The zero-order valence-corrected chi connectivity index (χ0v) is 11.1. The van der Waals surface area contributed by atoms with Crippen molar-refractivity contribution in [2.45, 2.75) is 13.5 Å². The van der Waals surface area contributed by atoms with Crippen LogP contribution in [0.2, 0.25) is 0 Å². The molecule has 1 aromatic carbocycles. The minimum Gasteiger partial charge on any atom is -0.422 e. The number of nitrogens with zero attached hydrogens (tertiary/aromatic N) is 3. The Morgan fingerprint density at radius 2 is 1.90 bits per heavy atom. The lowest BCUT2D eigenvalue weighted by Gasteiger charge is -2.07. The molecular weight excluding hydrogens is 252 g/mol. The molecule has 0 saturated carbocycles. The average molecular weight is 266 g/mol. The summed E-state index contributed by atoms with van der Waals surface area (Å²) in [7, 11) is 0. The molecule has 0 unspecified atom stereocenters. The van der Waals surface area contributed by atoms with Gasteiger partial charge in [0.15, 0.2) is 5.75 Å². The number of benzene rings is 1. The molecule has 2 heterocycles. The Hall–Kier alpha value is -2.53. The van der Waals surface area contributed by atoms with Crippen LogP contribution in [0, 0.1) is 6.92 Å². The Balaban J connectivity index is 1.99. The molecule has 3 rings (SSSR count). The number of aryl methyl sites for hydroxylation is 1. The van der Waals surface area contributed by atoms with Gasteiger partial charge in [-0.2, -0.15) is 0 Å². The normalized spacial score (nSPS) is 10.7. The third kappa shape index (κ3) is 2.44. The molecular formula is C15H14N4O. The summed E-state index contributed by atoms with van der Waals surface area (Å²) in [6.07, 6.45) is 3.32. The van der Waals surface area contributed by atoms with Gasteiger partial charge in [-0.05, 0) is 19.1 Å². The first-order chi connectivity index (χ1) is 9.76. The van der Waals surface area contributed by atoms with E-state index >= 15 is 0 Å². The number of hydrogen-bond acceptors (Lipinski definition) is 5. The van der Waals surface area contributed by atoms with E-state index in [0.29, 0.717) is 12.3 Å². The Morgan fingerprint density at radius 1 is 1.10 bits per heavy atom. The zero-order chi connectivity index (χ0) is 13.9. The highest BCUT2D eigenvalue weighted by molar-refractivity contribution is 5.84. The van der Waals surface area contributed by atoms with Crippen LogP contribution in [-0.2, 0) is 6.54 Å². The lowest BCUT2D eigenvalue weighted by Crippen LogP contribution is -1.99. The first kappa shape index (κ1) is 12.5. The van der Waals surface area contributed by atoms with Crippen molar-refractivity contribution >= 4 is 10.9 Å². The molecule has 0 aliphatic heterocycles. The van der Waals surface area contributed by atoms with E-state index in [1.54, 1.807) is 12.4 Å². The van der Waals surface area contributed by atoms with E-state index in [2.05, 4.69) is 15.0 Å². The molecule has 0 radical (unpaired) electrons. The van der Waals surface area contributed by atoms with Gasteiger partial charge in [0.1, 0.15) is 5.52 Å². The number of ether oxygens (including phenoxy) is 1. The summed E-state index contributed by atoms with van der Waals surface area (Å²) in [6.45, 7) is 2.36. The van der Waals surface area contributed by atoms with Crippen LogP contribution in [0.25, 0.3) is 10.9 Å². The predicted octanol–water partition coefficient (Wildman–Crippen LogP) is 2.58. The maximum Gasteiger partial charge on any atom is 0.321 e.